The molecule has 0 aliphatic carbocycles. The summed E-state index contributed by atoms with van der Waals surface area (Å²) in [6.45, 7) is 0.952. The molecular weight excluding hydrogens is 510 g/mol. The van der Waals surface area contributed by atoms with E-state index in [0.29, 0.717) is 18.7 Å². The van der Waals surface area contributed by atoms with Crippen molar-refractivity contribution in [1.29, 1.82) is 0 Å². The zero-order valence-electron chi connectivity index (χ0n) is 18.9. The summed E-state index contributed by atoms with van der Waals surface area (Å²) in [7, 11) is -4.22. The zero-order chi connectivity index (χ0) is 25.9. The molecule has 0 spiro atoms. The molecule has 0 bridgehead atoms. The van der Waals surface area contributed by atoms with Crippen molar-refractivity contribution < 1.29 is 31.9 Å². The van der Waals surface area contributed by atoms with Crippen molar-refractivity contribution in [2.24, 2.45) is 0 Å². The molecular formula is C23H21N3O8S2. The molecule has 4 rings (SSSR count). The maximum Gasteiger partial charge on any atom is 0.339 e. The van der Waals surface area contributed by atoms with Crippen LogP contribution < -0.4 is 4.18 Å². The van der Waals surface area contributed by atoms with Gasteiger partial charge in [-0.15, -0.1) is 0 Å². The Bertz CT molecular complexity index is 1330. The van der Waals surface area contributed by atoms with Gasteiger partial charge in [-0.1, -0.05) is 12.1 Å². The first kappa shape index (κ1) is 25.4. The van der Waals surface area contributed by atoms with Gasteiger partial charge in [0.15, 0.2) is 0 Å². The van der Waals surface area contributed by atoms with Crippen LogP contribution >= 0.6 is 11.8 Å². The molecule has 3 amide bonds. The second kappa shape index (κ2) is 10.5. The molecule has 188 valence electrons. The fraction of sp³-hybridized carbons (Fsp3) is 0.261. The normalized spacial score (nSPS) is 17.5. The Balaban J connectivity index is 1.41. The van der Waals surface area contributed by atoms with Gasteiger partial charge < -0.3 is 9.08 Å². The number of hydrogen-bond donors (Lipinski definition) is 0. The summed E-state index contributed by atoms with van der Waals surface area (Å²) in [5, 5.41) is 10.2. The van der Waals surface area contributed by atoms with E-state index < -0.39 is 26.2 Å². The number of nitro benzene ring substituents is 1. The van der Waals surface area contributed by atoms with Gasteiger partial charge in [0.05, 0.1) is 9.83 Å². The number of carbonyl (C=O) groups excluding carboxylic acids is 3. The van der Waals surface area contributed by atoms with Gasteiger partial charge in [0.1, 0.15) is 17.2 Å². The first-order valence-corrected chi connectivity index (χ1v) is 13.2. The first-order chi connectivity index (χ1) is 17.1. The molecule has 13 heteroatoms. The largest absolute Gasteiger partial charge is 0.379 e. The Morgan fingerprint density at radius 1 is 1.03 bits per heavy atom. The highest BCUT2D eigenvalue weighted by Crippen LogP contribution is 2.32. The van der Waals surface area contributed by atoms with Crippen LogP contribution in [0.4, 0.5) is 10.5 Å². The van der Waals surface area contributed by atoms with Crippen LogP contribution in [0.15, 0.2) is 58.3 Å². The van der Waals surface area contributed by atoms with Gasteiger partial charge in [-0.05, 0) is 66.9 Å². The maximum atomic E-state index is 12.7. The van der Waals surface area contributed by atoms with E-state index >= 15 is 0 Å². The lowest BCUT2D eigenvalue weighted by atomic mass is 10.1. The van der Waals surface area contributed by atoms with E-state index in [9.17, 15) is 32.9 Å². The minimum absolute atomic E-state index is 0.00858. The number of non-ortho nitro benzene ring substituents is 1. The van der Waals surface area contributed by atoms with Gasteiger partial charge in [-0.2, -0.15) is 8.42 Å². The van der Waals surface area contributed by atoms with Crippen LogP contribution in [0.2, 0.25) is 0 Å². The summed E-state index contributed by atoms with van der Waals surface area (Å²) < 4.78 is 30.0. The van der Waals surface area contributed by atoms with E-state index in [1.807, 2.05) is 0 Å². The number of likely N-dealkylation sites (tertiary alicyclic amines) is 1. The molecule has 2 heterocycles. The first-order valence-electron chi connectivity index (χ1n) is 11.0. The van der Waals surface area contributed by atoms with Crippen LogP contribution in [0.25, 0.3) is 6.08 Å². The Morgan fingerprint density at radius 3 is 2.28 bits per heavy atom. The van der Waals surface area contributed by atoms with Crippen molar-refractivity contribution in [1.82, 2.24) is 9.80 Å². The van der Waals surface area contributed by atoms with Gasteiger partial charge in [-0.25, -0.2) is 0 Å². The molecule has 11 nitrogen and oxygen atoms in total. The lowest BCUT2D eigenvalue weighted by Gasteiger charge is -2.27. The molecule has 0 aromatic heterocycles. The number of hydrogen-bond acceptors (Lipinski definition) is 9. The third kappa shape index (κ3) is 5.74. The molecule has 0 N–H and O–H groups in total. The van der Waals surface area contributed by atoms with Crippen molar-refractivity contribution in [3.63, 3.8) is 0 Å². The molecule has 2 fully saturated rings. The maximum absolute atomic E-state index is 12.7. The third-order valence-electron chi connectivity index (χ3n) is 5.60. The Morgan fingerprint density at radius 2 is 1.67 bits per heavy atom. The standard InChI is InChI=1S/C23H21N3O8S2/c27-21(24-12-2-1-3-13-24)15-25-22(28)20(35-23(25)29)14-16-4-8-18(9-5-16)34-36(32,33)19-10-6-17(7-11-19)26(30)31/h4-11,14H,1-3,12-13,15H2/b20-14-. The van der Waals surface area contributed by atoms with Crippen molar-refractivity contribution in [2.45, 2.75) is 24.2 Å². The molecule has 36 heavy (non-hydrogen) atoms. The lowest BCUT2D eigenvalue weighted by molar-refractivity contribution is -0.384. The molecule has 2 aromatic carbocycles. The SMILES string of the molecule is O=C(CN1C(=O)S/C(=C\c2ccc(OS(=O)(=O)c3ccc([N+](=O)[O-])cc3)cc2)C1=O)N1CCCCC1. The highest BCUT2D eigenvalue weighted by molar-refractivity contribution is 8.18. The molecule has 2 aliphatic heterocycles. The Labute approximate surface area is 211 Å². The second-order valence-corrected chi connectivity index (χ2v) is 10.6. The van der Waals surface area contributed by atoms with E-state index in [4.69, 9.17) is 4.18 Å². The molecule has 0 atom stereocenters. The van der Waals surface area contributed by atoms with Crippen molar-refractivity contribution >= 4 is 50.7 Å². The third-order valence-corrected chi connectivity index (χ3v) is 7.76. The Hall–Kier alpha value is -3.71. The molecule has 0 unspecified atom stereocenters. The second-order valence-electron chi connectivity index (χ2n) is 8.07. The minimum atomic E-state index is -4.22. The summed E-state index contributed by atoms with van der Waals surface area (Å²) in [6, 6.07) is 10.0. The number of rotatable bonds is 7. The highest BCUT2D eigenvalue weighted by atomic mass is 32.2. The molecule has 0 radical (unpaired) electrons. The summed E-state index contributed by atoms with van der Waals surface area (Å²) in [5.41, 5.74) is 0.265. The number of amides is 3. The van der Waals surface area contributed by atoms with Gasteiger partial charge in [-0.3, -0.25) is 29.4 Å². The van der Waals surface area contributed by atoms with E-state index in [1.165, 1.54) is 30.3 Å². The number of carbonyl (C=O) groups is 3. The smallest absolute Gasteiger partial charge is 0.339 e. The predicted octanol–water partition coefficient (Wildman–Crippen LogP) is 3.41. The molecule has 0 saturated carbocycles. The summed E-state index contributed by atoms with van der Waals surface area (Å²) in [5.74, 6) is -0.823. The van der Waals surface area contributed by atoms with Gasteiger partial charge in [0.2, 0.25) is 5.91 Å². The number of nitro groups is 1. The predicted molar refractivity (Wildman–Crippen MR) is 130 cm³/mol. The van der Waals surface area contributed by atoms with Gasteiger partial charge in [0.25, 0.3) is 16.8 Å². The molecule has 2 aromatic rings. The topological polar surface area (TPSA) is 144 Å². The van der Waals surface area contributed by atoms with Crippen LogP contribution in [-0.4, -0.2) is 59.8 Å². The summed E-state index contributed by atoms with van der Waals surface area (Å²) in [4.78, 5) is 50.1. The quantitative estimate of drug-likeness (QED) is 0.227. The highest BCUT2D eigenvalue weighted by Gasteiger charge is 2.37. The van der Waals surface area contributed by atoms with Crippen molar-refractivity contribution in [2.75, 3.05) is 19.6 Å². The number of imide groups is 1. The number of benzene rings is 2. The summed E-state index contributed by atoms with van der Waals surface area (Å²) >= 11 is 0.733. The van der Waals surface area contributed by atoms with Crippen molar-refractivity contribution in [3.05, 3.63) is 69.1 Å². The van der Waals surface area contributed by atoms with Crippen LogP contribution in [0.3, 0.4) is 0 Å². The Kier molecular flexibility index (Phi) is 7.40. The van der Waals surface area contributed by atoms with Crippen molar-refractivity contribution in [3.8, 4) is 5.75 Å². The van der Waals surface area contributed by atoms with Gasteiger partial charge in [0, 0.05) is 25.2 Å². The average Bonchev–Trinajstić information content (AvgIpc) is 3.12. The zero-order valence-corrected chi connectivity index (χ0v) is 20.5. The lowest BCUT2D eigenvalue weighted by Crippen LogP contribution is -2.44. The fourth-order valence-electron chi connectivity index (χ4n) is 3.70. The van der Waals surface area contributed by atoms with Crippen LogP contribution in [0.1, 0.15) is 24.8 Å². The van der Waals surface area contributed by atoms with Crippen LogP contribution in [0.5, 0.6) is 5.75 Å². The summed E-state index contributed by atoms with van der Waals surface area (Å²) in [6.07, 6.45) is 4.34. The van der Waals surface area contributed by atoms with E-state index in [2.05, 4.69) is 0 Å². The molecule has 2 saturated heterocycles. The van der Waals surface area contributed by atoms with E-state index in [-0.39, 0.29) is 33.7 Å². The minimum Gasteiger partial charge on any atom is -0.379 e. The van der Waals surface area contributed by atoms with E-state index in [0.717, 1.165) is 60.2 Å². The van der Waals surface area contributed by atoms with Crippen LogP contribution in [-0.2, 0) is 19.7 Å². The average molecular weight is 532 g/mol. The van der Waals surface area contributed by atoms with Crippen LogP contribution in [0, 0.1) is 10.1 Å². The fourth-order valence-corrected chi connectivity index (χ4v) is 5.46. The number of thioether (sulfide) groups is 1. The van der Waals surface area contributed by atoms with Gasteiger partial charge >= 0.3 is 10.1 Å². The van der Waals surface area contributed by atoms with E-state index in [1.54, 1.807) is 4.90 Å². The molecule has 2 aliphatic rings. The monoisotopic (exact) mass is 531 g/mol. The number of piperidine rings is 1. The number of nitrogens with zero attached hydrogens (tertiary/aromatic N) is 3.